The molecule has 1 aliphatic heterocycles. The molecule has 0 radical (unpaired) electrons. The van der Waals surface area contributed by atoms with E-state index in [1.165, 1.54) is 4.90 Å². The molecular weight excluding hydrogens is 360 g/mol. The van der Waals surface area contributed by atoms with E-state index in [2.05, 4.69) is 15.9 Å². The zero-order valence-corrected chi connectivity index (χ0v) is 13.7. The first-order chi connectivity index (χ1) is 9.84. The number of hydrogen-bond donors (Lipinski definition) is 2. The van der Waals surface area contributed by atoms with Crippen LogP contribution in [0.5, 0.6) is 0 Å². The van der Waals surface area contributed by atoms with Gasteiger partial charge in [-0.25, -0.2) is 8.42 Å². The number of rotatable bonds is 4. The number of benzene rings is 1. The Morgan fingerprint density at radius 3 is 2.76 bits per heavy atom. The second kappa shape index (κ2) is 6.33. The van der Waals surface area contributed by atoms with E-state index in [0.717, 1.165) is 0 Å². The number of aliphatic hydroxyl groups excluding tert-OH is 1. The Morgan fingerprint density at radius 1 is 1.48 bits per heavy atom. The van der Waals surface area contributed by atoms with Gasteiger partial charge in [0.05, 0.1) is 23.7 Å². The van der Waals surface area contributed by atoms with E-state index >= 15 is 0 Å². The summed E-state index contributed by atoms with van der Waals surface area (Å²) in [6, 6.07) is 4.53. The average molecular weight is 377 g/mol. The molecule has 116 valence electrons. The molecular formula is C13H17BrN2O4S. The Bertz CT molecular complexity index is 648. The van der Waals surface area contributed by atoms with Crippen molar-refractivity contribution in [3.05, 3.63) is 28.2 Å². The molecule has 0 aromatic heterocycles. The summed E-state index contributed by atoms with van der Waals surface area (Å²) in [5, 5.41) is 9.16. The Kier molecular flexibility index (Phi) is 4.90. The summed E-state index contributed by atoms with van der Waals surface area (Å²) in [7, 11) is -3.11. The van der Waals surface area contributed by atoms with Crippen molar-refractivity contribution in [3.63, 3.8) is 0 Å². The number of anilines is 1. The molecule has 1 aromatic rings. The van der Waals surface area contributed by atoms with Crippen LogP contribution < -0.4 is 5.73 Å². The van der Waals surface area contributed by atoms with Gasteiger partial charge in [0.25, 0.3) is 5.91 Å². The Morgan fingerprint density at radius 2 is 2.19 bits per heavy atom. The quantitative estimate of drug-likeness (QED) is 0.751. The number of nitrogens with two attached hydrogens (primary N) is 1. The summed E-state index contributed by atoms with van der Waals surface area (Å²) in [6.07, 6.45) is 0.391. The number of nitrogens with zero attached hydrogens (tertiary/aromatic N) is 1. The molecule has 3 N–H and O–H groups in total. The lowest BCUT2D eigenvalue weighted by atomic mass is 10.1. The van der Waals surface area contributed by atoms with Crippen LogP contribution in [0.1, 0.15) is 16.8 Å². The molecule has 2 rings (SSSR count). The fraction of sp³-hybridized carbons (Fsp3) is 0.462. The summed E-state index contributed by atoms with van der Waals surface area (Å²) < 4.78 is 23.9. The number of aliphatic hydroxyl groups is 1. The van der Waals surface area contributed by atoms with Crippen molar-refractivity contribution in [2.75, 3.05) is 30.4 Å². The van der Waals surface area contributed by atoms with Crippen molar-refractivity contribution in [1.29, 1.82) is 0 Å². The van der Waals surface area contributed by atoms with Gasteiger partial charge in [0, 0.05) is 22.7 Å². The lowest BCUT2D eigenvalue weighted by Crippen LogP contribution is -2.43. The van der Waals surface area contributed by atoms with Gasteiger partial charge in [-0.15, -0.1) is 0 Å². The van der Waals surface area contributed by atoms with Crippen molar-refractivity contribution in [1.82, 2.24) is 4.90 Å². The highest BCUT2D eigenvalue weighted by atomic mass is 79.9. The van der Waals surface area contributed by atoms with E-state index < -0.39 is 15.9 Å². The number of halogens is 1. The van der Waals surface area contributed by atoms with Crippen molar-refractivity contribution < 1.29 is 18.3 Å². The van der Waals surface area contributed by atoms with Gasteiger partial charge in [0.15, 0.2) is 9.84 Å². The van der Waals surface area contributed by atoms with Gasteiger partial charge in [-0.1, -0.05) is 15.9 Å². The van der Waals surface area contributed by atoms with Crippen LogP contribution >= 0.6 is 15.9 Å². The minimum Gasteiger partial charge on any atom is -0.398 e. The monoisotopic (exact) mass is 376 g/mol. The first-order valence-corrected chi connectivity index (χ1v) is 9.13. The van der Waals surface area contributed by atoms with Crippen LogP contribution in [-0.4, -0.2) is 55.0 Å². The summed E-state index contributed by atoms with van der Waals surface area (Å²) in [6.45, 7) is -0.138. The van der Waals surface area contributed by atoms with Crippen LogP contribution in [0.25, 0.3) is 0 Å². The summed E-state index contributed by atoms with van der Waals surface area (Å²) >= 11 is 3.28. The van der Waals surface area contributed by atoms with Crippen molar-refractivity contribution in [2.45, 2.75) is 12.5 Å². The second-order valence-electron chi connectivity index (χ2n) is 5.01. The Labute approximate surface area is 132 Å². The van der Waals surface area contributed by atoms with E-state index in [4.69, 9.17) is 10.8 Å². The highest BCUT2D eigenvalue weighted by Gasteiger charge is 2.35. The number of hydrogen-bond acceptors (Lipinski definition) is 5. The van der Waals surface area contributed by atoms with Crippen molar-refractivity contribution >= 4 is 37.4 Å². The number of amides is 1. The average Bonchev–Trinajstić information content (AvgIpc) is 2.78. The number of nitrogen functional groups attached to an aromatic ring is 1. The smallest absolute Gasteiger partial charge is 0.256 e. The fourth-order valence-electron chi connectivity index (χ4n) is 2.45. The lowest BCUT2D eigenvalue weighted by molar-refractivity contribution is 0.0656. The third kappa shape index (κ3) is 3.75. The SMILES string of the molecule is Nc1ccc(Br)cc1C(=O)N(CCO)C1CCS(=O)(=O)C1. The Balaban J connectivity index is 2.30. The molecule has 1 heterocycles. The number of carbonyl (C=O) groups excluding carboxylic acids is 1. The zero-order valence-electron chi connectivity index (χ0n) is 11.3. The normalized spacial score (nSPS) is 20.4. The van der Waals surface area contributed by atoms with Gasteiger partial charge in [-0.3, -0.25) is 4.79 Å². The van der Waals surface area contributed by atoms with Crippen LogP contribution in [0.3, 0.4) is 0 Å². The molecule has 6 nitrogen and oxygen atoms in total. The van der Waals surface area contributed by atoms with Gasteiger partial charge in [-0.05, 0) is 24.6 Å². The van der Waals surface area contributed by atoms with Gasteiger partial charge in [-0.2, -0.15) is 0 Å². The summed E-state index contributed by atoms with van der Waals surface area (Å²) in [5.74, 6) is -0.349. The molecule has 0 saturated carbocycles. The van der Waals surface area contributed by atoms with Gasteiger partial charge < -0.3 is 15.7 Å². The maximum absolute atomic E-state index is 12.6. The molecule has 21 heavy (non-hydrogen) atoms. The molecule has 1 unspecified atom stereocenters. The molecule has 1 amide bonds. The largest absolute Gasteiger partial charge is 0.398 e. The predicted molar refractivity (Wildman–Crippen MR) is 83.7 cm³/mol. The second-order valence-corrected chi connectivity index (χ2v) is 8.15. The minimum atomic E-state index is -3.11. The number of sulfone groups is 1. The molecule has 0 bridgehead atoms. The lowest BCUT2D eigenvalue weighted by Gasteiger charge is -2.28. The summed E-state index contributed by atoms with van der Waals surface area (Å²) in [4.78, 5) is 14.0. The molecule has 1 atom stereocenters. The molecule has 0 aliphatic carbocycles. The Hall–Kier alpha value is -1.12. The molecule has 1 aromatic carbocycles. The van der Waals surface area contributed by atoms with Gasteiger partial charge in [0.2, 0.25) is 0 Å². The highest BCUT2D eigenvalue weighted by Crippen LogP contribution is 2.24. The van der Waals surface area contributed by atoms with Crippen molar-refractivity contribution in [2.24, 2.45) is 0 Å². The van der Waals surface area contributed by atoms with E-state index in [1.807, 2.05) is 0 Å². The minimum absolute atomic E-state index is 0.0628. The van der Waals surface area contributed by atoms with E-state index in [1.54, 1.807) is 18.2 Å². The van der Waals surface area contributed by atoms with Gasteiger partial charge in [0.1, 0.15) is 0 Å². The van der Waals surface area contributed by atoms with E-state index in [9.17, 15) is 13.2 Å². The van der Waals surface area contributed by atoms with Crippen LogP contribution in [0, 0.1) is 0 Å². The first kappa shape index (κ1) is 16.3. The van der Waals surface area contributed by atoms with E-state index in [-0.39, 0.29) is 30.6 Å². The standard InChI is InChI=1S/C13H17BrN2O4S/c14-9-1-2-12(15)11(7-9)13(18)16(4-5-17)10-3-6-21(19,20)8-10/h1-2,7,10,17H,3-6,8,15H2. The fourth-order valence-corrected chi connectivity index (χ4v) is 4.54. The van der Waals surface area contributed by atoms with Crippen LogP contribution in [-0.2, 0) is 9.84 Å². The highest BCUT2D eigenvalue weighted by molar-refractivity contribution is 9.10. The third-order valence-corrected chi connectivity index (χ3v) is 5.74. The molecule has 1 saturated heterocycles. The first-order valence-electron chi connectivity index (χ1n) is 6.51. The zero-order chi connectivity index (χ0) is 15.6. The third-order valence-electron chi connectivity index (χ3n) is 3.50. The predicted octanol–water partition coefficient (Wildman–Crippen LogP) is 0.653. The number of carbonyl (C=O) groups is 1. The van der Waals surface area contributed by atoms with Crippen LogP contribution in [0.4, 0.5) is 5.69 Å². The molecule has 1 fully saturated rings. The van der Waals surface area contributed by atoms with Crippen molar-refractivity contribution in [3.8, 4) is 0 Å². The summed E-state index contributed by atoms with van der Waals surface area (Å²) in [5.41, 5.74) is 6.46. The van der Waals surface area contributed by atoms with Crippen LogP contribution in [0.15, 0.2) is 22.7 Å². The van der Waals surface area contributed by atoms with Gasteiger partial charge >= 0.3 is 0 Å². The molecule has 8 heteroatoms. The van der Waals surface area contributed by atoms with Crippen LogP contribution in [0.2, 0.25) is 0 Å². The maximum atomic E-state index is 12.6. The molecule has 1 aliphatic rings. The molecule has 0 spiro atoms. The maximum Gasteiger partial charge on any atom is 0.256 e. The van der Waals surface area contributed by atoms with E-state index in [0.29, 0.717) is 22.1 Å². The topological polar surface area (TPSA) is 101 Å².